The zero-order valence-electron chi connectivity index (χ0n) is 9.57. The maximum atomic E-state index is 11.7. The van der Waals surface area contributed by atoms with Gasteiger partial charge in [0.1, 0.15) is 0 Å². The molecule has 0 unspecified atom stereocenters. The van der Waals surface area contributed by atoms with Gasteiger partial charge in [-0.2, -0.15) is 0 Å². The number of anilines is 1. The van der Waals surface area contributed by atoms with Crippen LogP contribution >= 0.6 is 15.9 Å². The number of amides is 1. The molecule has 6 heteroatoms. The summed E-state index contributed by atoms with van der Waals surface area (Å²) >= 11 is 3.22. The molecule has 0 aliphatic carbocycles. The lowest BCUT2D eigenvalue weighted by Crippen LogP contribution is -2.27. The van der Waals surface area contributed by atoms with Crippen LogP contribution in [0.4, 0.5) is 5.69 Å². The van der Waals surface area contributed by atoms with Crippen LogP contribution < -0.4 is 5.73 Å². The number of likely N-dealkylation sites (N-methyl/N-ethyl adjacent to an activating group) is 1. The first kappa shape index (κ1) is 13.5. The van der Waals surface area contributed by atoms with Gasteiger partial charge in [-0.05, 0) is 34.1 Å². The molecule has 0 radical (unpaired) electrons. The lowest BCUT2D eigenvalue weighted by molar-refractivity contribution is -0.131. The lowest BCUT2D eigenvalue weighted by Gasteiger charge is -2.11. The summed E-state index contributed by atoms with van der Waals surface area (Å²) in [6.45, 7) is -0.285. The third-order valence-corrected chi connectivity index (χ3v) is 2.73. The average Bonchev–Trinajstić information content (AvgIpc) is 2.28. The third-order valence-electron chi connectivity index (χ3n) is 2.04. The average molecular weight is 301 g/mol. The Balaban J connectivity index is 2.70. The molecule has 0 atom stereocenters. The van der Waals surface area contributed by atoms with E-state index >= 15 is 0 Å². The molecule has 0 heterocycles. The molecule has 0 aliphatic heterocycles. The molecule has 1 aromatic rings. The molecule has 0 fully saturated rings. The molecule has 92 valence electrons. The van der Waals surface area contributed by atoms with Crippen molar-refractivity contribution in [3.8, 4) is 0 Å². The van der Waals surface area contributed by atoms with Crippen LogP contribution in [0.2, 0.25) is 0 Å². The summed E-state index contributed by atoms with van der Waals surface area (Å²) in [6.07, 6.45) is 0. The summed E-state index contributed by atoms with van der Waals surface area (Å²) in [5.74, 6) is -0.863. The maximum absolute atomic E-state index is 11.7. The molecule has 1 aromatic carbocycles. The summed E-state index contributed by atoms with van der Waals surface area (Å²) in [4.78, 5) is 24.3. The molecule has 1 amide bonds. The van der Waals surface area contributed by atoms with Crippen molar-refractivity contribution >= 4 is 33.5 Å². The molecule has 1 rings (SSSR count). The highest BCUT2D eigenvalue weighted by Gasteiger charge is 2.14. The van der Waals surface area contributed by atoms with Crippen LogP contribution in [0.1, 0.15) is 10.4 Å². The second kappa shape index (κ2) is 5.67. The number of nitrogens with two attached hydrogens (primary N) is 1. The Labute approximate surface area is 108 Å². The first-order valence-corrected chi connectivity index (χ1v) is 5.63. The molecule has 0 spiro atoms. The van der Waals surface area contributed by atoms with Gasteiger partial charge in [-0.1, -0.05) is 0 Å². The molecule has 5 nitrogen and oxygen atoms in total. The van der Waals surface area contributed by atoms with Crippen LogP contribution in [0, 0.1) is 0 Å². The molecule has 0 saturated heterocycles. The highest BCUT2D eigenvalue weighted by atomic mass is 79.9. The van der Waals surface area contributed by atoms with E-state index in [1.807, 2.05) is 0 Å². The van der Waals surface area contributed by atoms with E-state index in [-0.39, 0.29) is 12.5 Å². The number of carbonyl (C=O) groups is 2. The van der Waals surface area contributed by atoms with Gasteiger partial charge in [0.15, 0.2) is 6.61 Å². The van der Waals surface area contributed by atoms with Crippen molar-refractivity contribution < 1.29 is 14.3 Å². The Morgan fingerprint density at radius 1 is 1.41 bits per heavy atom. The fourth-order valence-corrected chi connectivity index (χ4v) is 1.44. The number of rotatable bonds is 3. The molecular formula is C11H13BrN2O3. The first-order chi connectivity index (χ1) is 7.91. The zero-order valence-corrected chi connectivity index (χ0v) is 11.2. The summed E-state index contributed by atoms with van der Waals surface area (Å²) in [5, 5.41) is 0. The number of nitrogens with zero attached hydrogens (tertiary/aromatic N) is 1. The van der Waals surface area contributed by atoms with Crippen molar-refractivity contribution in [2.75, 3.05) is 26.4 Å². The number of carbonyl (C=O) groups excluding carboxylic acids is 2. The SMILES string of the molecule is CN(C)C(=O)COC(=O)c1cc(N)ccc1Br. The predicted octanol–water partition coefficient (Wildman–Crippen LogP) is 1.28. The molecule has 2 N–H and O–H groups in total. The smallest absolute Gasteiger partial charge is 0.339 e. The van der Waals surface area contributed by atoms with Crippen LogP contribution in [0.5, 0.6) is 0 Å². The highest BCUT2D eigenvalue weighted by molar-refractivity contribution is 9.10. The van der Waals surface area contributed by atoms with Crippen molar-refractivity contribution in [1.29, 1.82) is 0 Å². The van der Waals surface area contributed by atoms with Crippen LogP contribution in [0.15, 0.2) is 22.7 Å². The number of hydrogen-bond donors (Lipinski definition) is 1. The van der Waals surface area contributed by atoms with Crippen LogP contribution in [-0.4, -0.2) is 37.5 Å². The van der Waals surface area contributed by atoms with E-state index in [2.05, 4.69) is 15.9 Å². The number of esters is 1. The van der Waals surface area contributed by atoms with E-state index in [0.717, 1.165) is 0 Å². The van der Waals surface area contributed by atoms with Crippen molar-refractivity contribution in [2.24, 2.45) is 0 Å². The van der Waals surface area contributed by atoms with Crippen LogP contribution in [-0.2, 0) is 9.53 Å². The number of nitrogen functional groups attached to an aromatic ring is 1. The van der Waals surface area contributed by atoms with E-state index in [0.29, 0.717) is 15.7 Å². The summed E-state index contributed by atoms with van der Waals surface area (Å²) in [5.41, 5.74) is 6.33. The van der Waals surface area contributed by atoms with Crippen molar-refractivity contribution in [3.63, 3.8) is 0 Å². The Morgan fingerprint density at radius 3 is 2.65 bits per heavy atom. The van der Waals surface area contributed by atoms with Crippen molar-refractivity contribution in [1.82, 2.24) is 4.90 Å². The van der Waals surface area contributed by atoms with E-state index in [9.17, 15) is 9.59 Å². The molecule has 0 aromatic heterocycles. The van der Waals surface area contributed by atoms with E-state index in [1.54, 1.807) is 26.2 Å². The monoisotopic (exact) mass is 300 g/mol. The minimum atomic E-state index is -0.584. The number of ether oxygens (including phenoxy) is 1. The van der Waals surface area contributed by atoms with Crippen LogP contribution in [0.25, 0.3) is 0 Å². The number of hydrogen-bond acceptors (Lipinski definition) is 4. The Bertz CT molecular complexity index is 446. The summed E-state index contributed by atoms with van der Waals surface area (Å²) < 4.78 is 5.45. The number of halogens is 1. The Kier molecular flexibility index (Phi) is 4.51. The summed E-state index contributed by atoms with van der Waals surface area (Å²) in [7, 11) is 3.18. The second-order valence-corrected chi connectivity index (χ2v) is 4.46. The fourth-order valence-electron chi connectivity index (χ4n) is 1.03. The Hall–Kier alpha value is -1.56. The largest absolute Gasteiger partial charge is 0.452 e. The van der Waals surface area contributed by atoms with Gasteiger partial charge in [0, 0.05) is 24.3 Å². The quantitative estimate of drug-likeness (QED) is 0.674. The van der Waals surface area contributed by atoms with Gasteiger partial charge in [0.2, 0.25) is 0 Å². The highest BCUT2D eigenvalue weighted by Crippen LogP contribution is 2.20. The zero-order chi connectivity index (χ0) is 13.0. The topological polar surface area (TPSA) is 72.6 Å². The lowest BCUT2D eigenvalue weighted by atomic mass is 10.2. The fraction of sp³-hybridized carbons (Fsp3) is 0.273. The van der Waals surface area contributed by atoms with E-state index < -0.39 is 5.97 Å². The molecule has 0 saturated carbocycles. The van der Waals surface area contributed by atoms with Gasteiger partial charge in [-0.25, -0.2) is 4.79 Å². The van der Waals surface area contributed by atoms with Gasteiger partial charge in [0.05, 0.1) is 5.56 Å². The predicted molar refractivity (Wildman–Crippen MR) is 67.5 cm³/mol. The van der Waals surface area contributed by atoms with Gasteiger partial charge in [0.25, 0.3) is 5.91 Å². The van der Waals surface area contributed by atoms with Gasteiger partial charge >= 0.3 is 5.97 Å². The first-order valence-electron chi connectivity index (χ1n) is 4.84. The van der Waals surface area contributed by atoms with Gasteiger partial charge < -0.3 is 15.4 Å². The van der Waals surface area contributed by atoms with Crippen molar-refractivity contribution in [2.45, 2.75) is 0 Å². The van der Waals surface area contributed by atoms with Crippen molar-refractivity contribution in [3.05, 3.63) is 28.2 Å². The minimum absolute atomic E-state index is 0.279. The molecule has 0 bridgehead atoms. The van der Waals surface area contributed by atoms with Crippen LogP contribution in [0.3, 0.4) is 0 Å². The standard InChI is InChI=1S/C11H13BrN2O3/c1-14(2)10(15)6-17-11(16)8-5-7(13)3-4-9(8)12/h3-5H,6,13H2,1-2H3. The van der Waals surface area contributed by atoms with Gasteiger partial charge in [-0.3, -0.25) is 4.79 Å². The molecule has 0 aliphatic rings. The van der Waals surface area contributed by atoms with E-state index in [4.69, 9.17) is 10.5 Å². The van der Waals surface area contributed by atoms with E-state index in [1.165, 1.54) is 11.0 Å². The Morgan fingerprint density at radius 2 is 2.06 bits per heavy atom. The minimum Gasteiger partial charge on any atom is -0.452 e. The molecule has 17 heavy (non-hydrogen) atoms. The third kappa shape index (κ3) is 3.74. The second-order valence-electron chi connectivity index (χ2n) is 3.60. The number of benzene rings is 1. The maximum Gasteiger partial charge on any atom is 0.339 e. The summed E-state index contributed by atoms with van der Waals surface area (Å²) in [6, 6.07) is 4.80. The molecular weight excluding hydrogens is 288 g/mol. The normalized spacial score (nSPS) is 9.82. The van der Waals surface area contributed by atoms with Gasteiger partial charge in [-0.15, -0.1) is 0 Å².